The third kappa shape index (κ3) is 3.18. The summed E-state index contributed by atoms with van der Waals surface area (Å²) in [6.45, 7) is 2.38. The van der Waals surface area contributed by atoms with Crippen LogP contribution in [-0.2, 0) is 9.53 Å². The molecule has 0 amide bonds. The smallest absolute Gasteiger partial charge is 0.304 e. The van der Waals surface area contributed by atoms with Crippen LogP contribution in [0.25, 0.3) is 0 Å². The summed E-state index contributed by atoms with van der Waals surface area (Å²) in [5, 5.41) is 8.71. The van der Waals surface area contributed by atoms with Gasteiger partial charge in [0.15, 0.2) is 0 Å². The van der Waals surface area contributed by atoms with E-state index in [9.17, 15) is 4.79 Å². The normalized spacial score (nSPS) is 23.3. The highest BCUT2D eigenvalue weighted by Gasteiger charge is 2.34. The van der Waals surface area contributed by atoms with Crippen LogP contribution in [0.2, 0.25) is 0 Å². The van der Waals surface area contributed by atoms with Gasteiger partial charge in [-0.2, -0.15) is 0 Å². The number of ether oxygens (including phenoxy) is 1. The van der Waals surface area contributed by atoms with Gasteiger partial charge in [0.2, 0.25) is 0 Å². The average molecular weight is 213 g/mol. The Balaban J connectivity index is 1.83. The van der Waals surface area contributed by atoms with Crippen molar-refractivity contribution in [2.75, 3.05) is 19.8 Å². The van der Waals surface area contributed by atoms with Gasteiger partial charge in [-0.25, -0.2) is 0 Å². The number of rotatable bonds is 5. The van der Waals surface area contributed by atoms with Crippen molar-refractivity contribution in [3.05, 3.63) is 0 Å². The summed E-state index contributed by atoms with van der Waals surface area (Å²) in [5.74, 6) is -0.687. The first-order valence-corrected chi connectivity index (χ1v) is 5.82. The fourth-order valence-corrected chi connectivity index (χ4v) is 2.31. The highest BCUT2D eigenvalue weighted by Crippen LogP contribution is 2.31. The maximum absolute atomic E-state index is 10.6. The number of carboxylic acid groups (broad SMARTS) is 1. The fraction of sp³-hybridized carbons (Fsp3) is 0.909. The number of nitrogens with zero attached hydrogens (tertiary/aromatic N) is 1. The molecule has 1 N–H and O–H groups in total. The molecule has 1 saturated carbocycles. The lowest BCUT2D eigenvalue weighted by molar-refractivity contribution is -0.137. The number of hydrogen-bond donors (Lipinski definition) is 1. The maximum Gasteiger partial charge on any atom is 0.304 e. The summed E-state index contributed by atoms with van der Waals surface area (Å²) in [6, 6.07) is 1.22. The van der Waals surface area contributed by atoms with Crippen molar-refractivity contribution in [2.24, 2.45) is 0 Å². The Kier molecular flexibility index (Phi) is 3.59. The van der Waals surface area contributed by atoms with E-state index in [2.05, 4.69) is 4.90 Å². The first-order valence-electron chi connectivity index (χ1n) is 5.82. The quantitative estimate of drug-likeness (QED) is 0.743. The molecule has 0 bridgehead atoms. The highest BCUT2D eigenvalue weighted by molar-refractivity contribution is 5.66. The summed E-state index contributed by atoms with van der Waals surface area (Å²) in [7, 11) is 0. The minimum absolute atomic E-state index is 0.272. The van der Waals surface area contributed by atoms with Crippen LogP contribution >= 0.6 is 0 Å². The van der Waals surface area contributed by atoms with E-state index in [1.807, 2.05) is 0 Å². The molecule has 2 fully saturated rings. The Hall–Kier alpha value is -0.610. The molecule has 15 heavy (non-hydrogen) atoms. The first-order chi connectivity index (χ1) is 7.27. The molecule has 0 aromatic heterocycles. The second-order valence-electron chi connectivity index (χ2n) is 4.46. The number of hydrogen-bond acceptors (Lipinski definition) is 3. The van der Waals surface area contributed by atoms with Gasteiger partial charge in [0.1, 0.15) is 0 Å². The van der Waals surface area contributed by atoms with Gasteiger partial charge in [-0.05, 0) is 25.7 Å². The molecule has 0 spiro atoms. The minimum Gasteiger partial charge on any atom is -0.481 e. The van der Waals surface area contributed by atoms with Crippen molar-refractivity contribution in [1.82, 2.24) is 4.90 Å². The summed E-state index contributed by atoms with van der Waals surface area (Å²) in [4.78, 5) is 13.0. The van der Waals surface area contributed by atoms with Crippen LogP contribution < -0.4 is 0 Å². The van der Waals surface area contributed by atoms with Gasteiger partial charge in [-0.15, -0.1) is 0 Å². The monoisotopic (exact) mass is 213 g/mol. The molecule has 1 aliphatic heterocycles. The Morgan fingerprint density at radius 2 is 1.80 bits per heavy atom. The topological polar surface area (TPSA) is 49.8 Å². The molecule has 0 radical (unpaired) electrons. The highest BCUT2D eigenvalue weighted by atomic mass is 16.5. The molecule has 4 heteroatoms. The van der Waals surface area contributed by atoms with E-state index in [1.54, 1.807) is 0 Å². The molecular formula is C11H19NO3. The van der Waals surface area contributed by atoms with E-state index in [4.69, 9.17) is 9.84 Å². The Morgan fingerprint density at radius 1 is 1.20 bits per heavy atom. The molecule has 1 aliphatic carbocycles. The van der Waals surface area contributed by atoms with E-state index < -0.39 is 5.97 Å². The lowest BCUT2D eigenvalue weighted by atomic mass is 10.1. The molecule has 1 saturated heterocycles. The third-order valence-electron chi connectivity index (χ3n) is 3.26. The molecule has 0 aromatic carbocycles. The largest absolute Gasteiger partial charge is 0.481 e. The van der Waals surface area contributed by atoms with Gasteiger partial charge in [0, 0.05) is 31.8 Å². The van der Waals surface area contributed by atoms with Gasteiger partial charge in [0.25, 0.3) is 0 Å². The van der Waals surface area contributed by atoms with Crippen LogP contribution in [0.15, 0.2) is 0 Å². The molecule has 0 atom stereocenters. The van der Waals surface area contributed by atoms with E-state index in [-0.39, 0.29) is 6.42 Å². The minimum atomic E-state index is -0.687. The Morgan fingerprint density at radius 3 is 2.33 bits per heavy atom. The fourth-order valence-electron chi connectivity index (χ4n) is 2.31. The number of carbonyl (C=O) groups is 1. The van der Waals surface area contributed by atoms with Gasteiger partial charge in [-0.1, -0.05) is 0 Å². The van der Waals surface area contributed by atoms with Crippen LogP contribution in [0.4, 0.5) is 0 Å². The van der Waals surface area contributed by atoms with E-state index in [0.717, 1.165) is 26.1 Å². The lowest BCUT2D eigenvalue weighted by Crippen LogP contribution is -2.42. The molecule has 1 heterocycles. The SMILES string of the molecule is O=C(O)CCN(C1CCOCC1)C1CC1. The Bertz CT molecular complexity index is 222. The van der Waals surface area contributed by atoms with Crippen molar-refractivity contribution in [3.63, 3.8) is 0 Å². The molecule has 2 rings (SSSR count). The maximum atomic E-state index is 10.6. The standard InChI is InChI=1S/C11H19NO3/c13-11(14)3-6-12(9-1-2-9)10-4-7-15-8-5-10/h9-10H,1-8H2,(H,13,14). The van der Waals surface area contributed by atoms with Gasteiger partial charge in [0.05, 0.1) is 6.42 Å². The molecule has 86 valence electrons. The zero-order valence-electron chi connectivity index (χ0n) is 9.02. The predicted octanol–water partition coefficient (Wildman–Crippen LogP) is 1.10. The van der Waals surface area contributed by atoms with Crippen LogP contribution in [0.3, 0.4) is 0 Å². The van der Waals surface area contributed by atoms with Crippen molar-refractivity contribution in [1.29, 1.82) is 0 Å². The van der Waals surface area contributed by atoms with E-state index in [1.165, 1.54) is 12.8 Å². The predicted molar refractivity (Wildman–Crippen MR) is 55.8 cm³/mol. The molecular weight excluding hydrogens is 194 g/mol. The van der Waals surface area contributed by atoms with Gasteiger partial charge >= 0.3 is 5.97 Å². The Labute approximate surface area is 90.2 Å². The third-order valence-corrected chi connectivity index (χ3v) is 3.26. The van der Waals surface area contributed by atoms with Gasteiger partial charge in [-0.3, -0.25) is 9.69 Å². The van der Waals surface area contributed by atoms with Crippen molar-refractivity contribution >= 4 is 5.97 Å². The molecule has 0 unspecified atom stereocenters. The molecule has 4 nitrogen and oxygen atoms in total. The zero-order valence-corrected chi connectivity index (χ0v) is 9.02. The lowest BCUT2D eigenvalue weighted by Gasteiger charge is -2.34. The second-order valence-corrected chi connectivity index (χ2v) is 4.46. The first kappa shape index (κ1) is 10.9. The molecule has 0 aromatic rings. The van der Waals surface area contributed by atoms with Crippen LogP contribution in [0.5, 0.6) is 0 Å². The summed E-state index contributed by atoms with van der Waals surface area (Å²) < 4.78 is 5.33. The van der Waals surface area contributed by atoms with E-state index in [0.29, 0.717) is 18.6 Å². The summed E-state index contributed by atoms with van der Waals surface area (Å²) in [5.41, 5.74) is 0. The molecule has 2 aliphatic rings. The van der Waals surface area contributed by atoms with Crippen molar-refractivity contribution < 1.29 is 14.6 Å². The van der Waals surface area contributed by atoms with Crippen LogP contribution in [0, 0.1) is 0 Å². The zero-order chi connectivity index (χ0) is 10.7. The average Bonchev–Trinajstić information content (AvgIpc) is 3.03. The summed E-state index contributed by atoms with van der Waals surface area (Å²) >= 11 is 0. The summed E-state index contributed by atoms with van der Waals surface area (Å²) in [6.07, 6.45) is 4.90. The number of aliphatic carboxylic acids is 1. The van der Waals surface area contributed by atoms with Crippen LogP contribution in [0.1, 0.15) is 32.1 Å². The van der Waals surface area contributed by atoms with Crippen molar-refractivity contribution in [3.8, 4) is 0 Å². The number of carboxylic acids is 1. The van der Waals surface area contributed by atoms with Crippen LogP contribution in [-0.4, -0.2) is 47.8 Å². The van der Waals surface area contributed by atoms with Crippen molar-refractivity contribution in [2.45, 2.75) is 44.2 Å². The van der Waals surface area contributed by atoms with E-state index >= 15 is 0 Å². The second kappa shape index (κ2) is 4.94. The van der Waals surface area contributed by atoms with Gasteiger partial charge < -0.3 is 9.84 Å².